The van der Waals surface area contributed by atoms with Crippen LogP contribution in [-0.4, -0.2) is 21.5 Å². The van der Waals surface area contributed by atoms with Crippen LogP contribution in [0.5, 0.6) is 5.75 Å². The van der Waals surface area contributed by atoms with Crippen molar-refractivity contribution in [1.82, 2.24) is 9.66 Å². The molecule has 30 heavy (non-hydrogen) atoms. The standard InChI is InChI=1S/C25H23N3O2/c1-25(2,3)30-22-16-10-7-13-19(22)17-26-28-23(18-11-5-4-6-12-18)27-21-15-9-8-14-20(21)24(28)29/h4-17H,1-3H3. The van der Waals surface area contributed by atoms with Crippen LogP contribution in [0.1, 0.15) is 26.3 Å². The van der Waals surface area contributed by atoms with E-state index < -0.39 is 0 Å². The fourth-order valence-electron chi connectivity index (χ4n) is 3.13. The van der Waals surface area contributed by atoms with Crippen molar-refractivity contribution in [2.45, 2.75) is 26.4 Å². The largest absolute Gasteiger partial charge is 0.487 e. The molecule has 0 fully saturated rings. The zero-order chi connectivity index (χ0) is 21.1. The number of para-hydroxylation sites is 2. The molecule has 5 heteroatoms. The van der Waals surface area contributed by atoms with Crippen molar-refractivity contribution in [3.63, 3.8) is 0 Å². The van der Waals surface area contributed by atoms with Crippen LogP contribution in [0, 0.1) is 0 Å². The first-order valence-corrected chi connectivity index (χ1v) is 9.82. The highest BCUT2D eigenvalue weighted by atomic mass is 16.5. The average Bonchev–Trinajstić information content (AvgIpc) is 2.73. The van der Waals surface area contributed by atoms with Crippen molar-refractivity contribution < 1.29 is 4.74 Å². The van der Waals surface area contributed by atoms with Crippen LogP contribution in [0.25, 0.3) is 22.3 Å². The highest BCUT2D eigenvalue weighted by molar-refractivity contribution is 5.84. The van der Waals surface area contributed by atoms with Gasteiger partial charge in [-0.2, -0.15) is 9.78 Å². The Bertz CT molecular complexity index is 1270. The Balaban J connectivity index is 1.88. The minimum absolute atomic E-state index is 0.218. The molecule has 0 aliphatic carbocycles. The quantitative estimate of drug-likeness (QED) is 0.449. The predicted molar refractivity (Wildman–Crippen MR) is 121 cm³/mol. The lowest BCUT2D eigenvalue weighted by Gasteiger charge is -2.22. The van der Waals surface area contributed by atoms with Gasteiger partial charge in [0.25, 0.3) is 5.56 Å². The van der Waals surface area contributed by atoms with Gasteiger partial charge in [-0.1, -0.05) is 54.6 Å². The van der Waals surface area contributed by atoms with E-state index >= 15 is 0 Å². The second kappa shape index (κ2) is 7.95. The van der Waals surface area contributed by atoms with Crippen LogP contribution in [0.3, 0.4) is 0 Å². The summed E-state index contributed by atoms with van der Waals surface area (Å²) in [6.07, 6.45) is 1.64. The minimum atomic E-state index is -0.347. The predicted octanol–water partition coefficient (Wildman–Crippen LogP) is 5.12. The van der Waals surface area contributed by atoms with Gasteiger partial charge in [-0.15, -0.1) is 0 Å². The molecule has 5 nitrogen and oxygen atoms in total. The van der Waals surface area contributed by atoms with Gasteiger partial charge in [-0.05, 0) is 45.0 Å². The molecule has 0 spiro atoms. The number of aromatic nitrogens is 2. The van der Waals surface area contributed by atoms with Crippen LogP contribution in [-0.2, 0) is 0 Å². The van der Waals surface area contributed by atoms with Crippen LogP contribution in [0.4, 0.5) is 0 Å². The first-order valence-electron chi connectivity index (χ1n) is 9.82. The first-order chi connectivity index (χ1) is 14.4. The van der Waals surface area contributed by atoms with Crippen LogP contribution >= 0.6 is 0 Å². The van der Waals surface area contributed by atoms with Gasteiger partial charge in [0.1, 0.15) is 11.4 Å². The van der Waals surface area contributed by atoms with Crippen LogP contribution in [0.2, 0.25) is 0 Å². The molecule has 0 amide bonds. The van der Waals surface area contributed by atoms with Crippen molar-refractivity contribution in [3.05, 3.63) is 94.8 Å². The number of nitrogens with zero attached hydrogens (tertiary/aromatic N) is 3. The van der Waals surface area contributed by atoms with Crippen molar-refractivity contribution in [1.29, 1.82) is 0 Å². The normalized spacial score (nSPS) is 11.8. The van der Waals surface area contributed by atoms with E-state index in [1.807, 2.05) is 93.6 Å². The van der Waals surface area contributed by atoms with E-state index in [4.69, 9.17) is 9.72 Å². The second-order valence-electron chi connectivity index (χ2n) is 7.93. The molecule has 1 aromatic heterocycles. The number of fused-ring (bicyclic) bond motifs is 1. The number of ether oxygens (including phenoxy) is 1. The van der Waals surface area contributed by atoms with Crippen molar-refractivity contribution in [2.24, 2.45) is 5.10 Å². The number of hydrogen-bond acceptors (Lipinski definition) is 4. The molecule has 4 aromatic rings. The molecule has 0 bridgehead atoms. The third-order valence-electron chi connectivity index (χ3n) is 4.43. The molecule has 1 heterocycles. The lowest BCUT2D eigenvalue weighted by molar-refractivity contribution is 0.130. The van der Waals surface area contributed by atoms with E-state index in [-0.39, 0.29) is 11.2 Å². The summed E-state index contributed by atoms with van der Waals surface area (Å²) in [7, 11) is 0. The maximum atomic E-state index is 13.2. The minimum Gasteiger partial charge on any atom is -0.487 e. The molecule has 150 valence electrons. The molecular formula is C25H23N3O2. The lowest BCUT2D eigenvalue weighted by Crippen LogP contribution is -2.23. The summed E-state index contributed by atoms with van der Waals surface area (Å²) < 4.78 is 7.40. The summed E-state index contributed by atoms with van der Waals surface area (Å²) in [6, 6.07) is 24.5. The molecule has 0 atom stereocenters. The van der Waals surface area contributed by atoms with E-state index in [1.54, 1.807) is 12.3 Å². The monoisotopic (exact) mass is 397 g/mol. The Morgan fingerprint density at radius 1 is 0.900 bits per heavy atom. The molecule has 0 N–H and O–H groups in total. The molecule has 0 saturated heterocycles. The Labute approximate surface area is 175 Å². The zero-order valence-electron chi connectivity index (χ0n) is 17.2. The van der Waals surface area contributed by atoms with Gasteiger partial charge in [-0.25, -0.2) is 4.98 Å². The van der Waals surface area contributed by atoms with E-state index in [2.05, 4.69) is 5.10 Å². The van der Waals surface area contributed by atoms with Gasteiger partial charge in [0.2, 0.25) is 0 Å². The topological polar surface area (TPSA) is 56.5 Å². The molecule has 0 aliphatic rings. The van der Waals surface area contributed by atoms with Gasteiger partial charge in [-0.3, -0.25) is 4.79 Å². The van der Waals surface area contributed by atoms with Crippen LogP contribution in [0.15, 0.2) is 88.8 Å². The fraction of sp³-hybridized carbons (Fsp3) is 0.160. The maximum Gasteiger partial charge on any atom is 0.282 e. The van der Waals surface area contributed by atoms with Crippen LogP contribution < -0.4 is 10.3 Å². The number of hydrogen-bond donors (Lipinski definition) is 0. The number of benzene rings is 3. The van der Waals surface area contributed by atoms with Crippen molar-refractivity contribution in [3.8, 4) is 17.1 Å². The Hall–Kier alpha value is -3.73. The van der Waals surface area contributed by atoms with Crippen molar-refractivity contribution in [2.75, 3.05) is 0 Å². The van der Waals surface area contributed by atoms with E-state index in [9.17, 15) is 4.79 Å². The Morgan fingerprint density at radius 3 is 2.33 bits per heavy atom. The van der Waals surface area contributed by atoms with Gasteiger partial charge in [0, 0.05) is 11.1 Å². The van der Waals surface area contributed by atoms with E-state index in [0.29, 0.717) is 22.5 Å². The SMILES string of the molecule is CC(C)(C)Oc1ccccc1C=Nn1c(-c2ccccc2)nc2ccccc2c1=O. The third-order valence-corrected chi connectivity index (χ3v) is 4.43. The maximum absolute atomic E-state index is 13.2. The van der Waals surface area contributed by atoms with E-state index in [1.165, 1.54) is 4.68 Å². The Kier molecular flexibility index (Phi) is 5.19. The highest BCUT2D eigenvalue weighted by Crippen LogP contribution is 2.22. The highest BCUT2D eigenvalue weighted by Gasteiger charge is 2.15. The molecule has 0 aliphatic heterocycles. The van der Waals surface area contributed by atoms with Gasteiger partial charge >= 0.3 is 0 Å². The molecule has 0 radical (unpaired) electrons. The summed E-state index contributed by atoms with van der Waals surface area (Å²) in [6.45, 7) is 5.98. The van der Waals surface area contributed by atoms with Gasteiger partial charge in [0.05, 0.1) is 17.1 Å². The summed E-state index contributed by atoms with van der Waals surface area (Å²) in [4.78, 5) is 18.0. The summed E-state index contributed by atoms with van der Waals surface area (Å²) in [5, 5.41) is 5.05. The average molecular weight is 397 g/mol. The molecule has 0 unspecified atom stereocenters. The molecular weight excluding hydrogens is 374 g/mol. The van der Waals surface area contributed by atoms with Gasteiger partial charge < -0.3 is 4.74 Å². The molecule has 3 aromatic carbocycles. The summed E-state index contributed by atoms with van der Waals surface area (Å²) in [5.74, 6) is 1.20. The van der Waals surface area contributed by atoms with Crippen molar-refractivity contribution >= 4 is 17.1 Å². The summed E-state index contributed by atoms with van der Waals surface area (Å²) in [5.41, 5.74) is 1.68. The Morgan fingerprint density at radius 2 is 1.57 bits per heavy atom. The fourth-order valence-corrected chi connectivity index (χ4v) is 3.13. The smallest absolute Gasteiger partial charge is 0.282 e. The number of rotatable bonds is 4. The lowest BCUT2D eigenvalue weighted by atomic mass is 10.1. The summed E-state index contributed by atoms with van der Waals surface area (Å²) >= 11 is 0. The van der Waals surface area contributed by atoms with E-state index in [0.717, 1.165) is 11.1 Å². The third kappa shape index (κ3) is 4.15. The molecule has 0 saturated carbocycles. The zero-order valence-corrected chi connectivity index (χ0v) is 17.2. The molecule has 4 rings (SSSR count). The second-order valence-corrected chi connectivity index (χ2v) is 7.93. The van der Waals surface area contributed by atoms with Gasteiger partial charge in [0.15, 0.2) is 5.82 Å². The first kappa shape index (κ1) is 19.6.